The van der Waals surface area contributed by atoms with E-state index in [1.54, 1.807) is 28.0 Å². The molecule has 1 aliphatic carbocycles. The van der Waals surface area contributed by atoms with Gasteiger partial charge in [-0.2, -0.15) is 0 Å². The number of amides is 2. The van der Waals surface area contributed by atoms with Crippen LogP contribution in [-0.4, -0.2) is 40.7 Å². The van der Waals surface area contributed by atoms with Gasteiger partial charge in [0.05, 0.1) is 0 Å². The minimum absolute atomic E-state index is 0.0782. The summed E-state index contributed by atoms with van der Waals surface area (Å²) < 4.78 is 14.7. The average molecular weight is 409 g/mol. The van der Waals surface area contributed by atoms with Gasteiger partial charge in [-0.25, -0.2) is 4.39 Å². The molecular formula is C25H29FN2O2. The Bertz CT molecular complexity index is 878. The number of benzene rings is 2. The molecular weight excluding hydrogens is 379 g/mol. The SMILES string of the molecule is O=C1[C@H](c2ccccc2F)N(CCc2ccccc2)C(=O)CN1C1CCCCCC1. The summed E-state index contributed by atoms with van der Waals surface area (Å²) in [5.41, 5.74) is 1.39. The predicted octanol–water partition coefficient (Wildman–Crippen LogP) is 4.50. The maximum absolute atomic E-state index is 14.7. The molecule has 0 bridgehead atoms. The van der Waals surface area contributed by atoms with Crippen molar-refractivity contribution >= 4 is 11.8 Å². The van der Waals surface area contributed by atoms with Gasteiger partial charge in [0.25, 0.3) is 5.91 Å². The Hall–Kier alpha value is -2.69. The fourth-order valence-electron chi connectivity index (χ4n) is 4.77. The number of nitrogens with zero attached hydrogens (tertiary/aromatic N) is 2. The van der Waals surface area contributed by atoms with Gasteiger partial charge in [0, 0.05) is 18.2 Å². The van der Waals surface area contributed by atoms with Crippen LogP contribution < -0.4 is 0 Å². The molecule has 158 valence electrons. The molecule has 1 atom stereocenters. The van der Waals surface area contributed by atoms with Crippen LogP contribution in [0.3, 0.4) is 0 Å². The summed E-state index contributed by atoms with van der Waals surface area (Å²) in [6, 6.07) is 15.4. The summed E-state index contributed by atoms with van der Waals surface area (Å²) in [6.45, 7) is 0.495. The monoisotopic (exact) mass is 408 g/mol. The Morgan fingerprint density at radius 1 is 0.867 bits per heavy atom. The first-order valence-electron chi connectivity index (χ1n) is 11.0. The molecule has 4 rings (SSSR count). The largest absolute Gasteiger partial charge is 0.328 e. The number of piperazine rings is 1. The first-order valence-corrected chi connectivity index (χ1v) is 11.0. The summed E-state index contributed by atoms with van der Waals surface area (Å²) in [5, 5.41) is 0. The Morgan fingerprint density at radius 2 is 1.53 bits per heavy atom. The first-order chi connectivity index (χ1) is 14.6. The number of halogens is 1. The van der Waals surface area contributed by atoms with Gasteiger partial charge in [-0.15, -0.1) is 0 Å². The standard InChI is InChI=1S/C25H29FN2O2/c26-22-15-9-8-14-21(22)24-25(30)28(20-12-6-1-2-7-13-20)18-23(29)27(24)17-16-19-10-4-3-5-11-19/h3-5,8-11,14-15,20,24H,1-2,6-7,12-13,16-18H2/t24-/m0/s1. The van der Waals surface area contributed by atoms with Crippen LogP contribution in [0.5, 0.6) is 0 Å². The van der Waals surface area contributed by atoms with Crippen LogP contribution in [0.25, 0.3) is 0 Å². The lowest BCUT2D eigenvalue weighted by atomic mass is 9.96. The number of rotatable bonds is 5. The van der Waals surface area contributed by atoms with Gasteiger partial charge in [0.15, 0.2) is 0 Å². The molecule has 2 fully saturated rings. The highest BCUT2D eigenvalue weighted by Crippen LogP contribution is 2.33. The van der Waals surface area contributed by atoms with Crippen LogP contribution in [0.1, 0.15) is 55.7 Å². The van der Waals surface area contributed by atoms with E-state index < -0.39 is 11.9 Å². The summed E-state index contributed by atoms with van der Waals surface area (Å²) in [7, 11) is 0. The van der Waals surface area contributed by atoms with Crippen molar-refractivity contribution in [2.24, 2.45) is 0 Å². The van der Waals surface area contributed by atoms with Crippen molar-refractivity contribution in [3.8, 4) is 0 Å². The van der Waals surface area contributed by atoms with Crippen LogP contribution in [0.2, 0.25) is 0 Å². The van der Waals surface area contributed by atoms with Gasteiger partial charge in [-0.1, -0.05) is 74.2 Å². The third-order valence-corrected chi connectivity index (χ3v) is 6.40. The normalized spacial score (nSPS) is 21.0. The lowest BCUT2D eigenvalue weighted by molar-refractivity contribution is -0.159. The van der Waals surface area contributed by atoms with E-state index in [1.165, 1.54) is 18.9 Å². The molecule has 0 spiro atoms. The highest BCUT2D eigenvalue weighted by atomic mass is 19.1. The molecule has 4 nitrogen and oxygen atoms in total. The van der Waals surface area contributed by atoms with E-state index in [4.69, 9.17) is 0 Å². The molecule has 0 radical (unpaired) electrons. The molecule has 0 aromatic heterocycles. The van der Waals surface area contributed by atoms with E-state index in [0.29, 0.717) is 18.5 Å². The average Bonchev–Trinajstić information content (AvgIpc) is 3.05. The van der Waals surface area contributed by atoms with Crippen LogP contribution >= 0.6 is 0 Å². The Labute approximate surface area is 177 Å². The zero-order valence-corrected chi connectivity index (χ0v) is 17.3. The maximum atomic E-state index is 14.7. The fourth-order valence-corrected chi connectivity index (χ4v) is 4.77. The molecule has 30 heavy (non-hydrogen) atoms. The molecule has 1 saturated heterocycles. The molecule has 1 heterocycles. The van der Waals surface area contributed by atoms with E-state index >= 15 is 0 Å². The Kier molecular flexibility index (Phi) is 6.46. The summed E-state index contributed by atoms with van der Waals surface area (Å²) in [4.78, 5) is 30.2. The van der Waals surface area contributed by atoms with Crippen LogP contribution in [0.15, 0.2) is 54.6 Å². The van der Waals surface area contributed by atoms with Crippen LogP contribution in [-0.2, 0) is 16.0 Å². The number of hydrogen-bond donors (Lipinski definition) is 0. The first kappa shape index (κ1) is 20.6. The van der Waals surface area contributed by atoms with E-state index in [9.17, 15) is 14.0 Å². The molecule has 5 heteroatoms. The van der Waals surface area contributed by atoms with Crippen molar-refractivity contribution in [2.45, 2.75) is 57.0 Å². The Morgan fingerprint density at radius 3 is 2.23 bits per heavy atom. The number of hydrogen-bond acceptors (Lipinski definition) is 2. The van der Waals surface area contributed by atoms with Crippen molar-refractivity contribution in [1.82, 2.24) is 9.80 Å². The molecule has 0 N–H and O–H groups in total. The van der Waals surface area contributed by atoms with Crippen molar-refractivity contribution < 1.29 is 14.0 Å². The van der Waals surface area contributed by atoms with Gasteiger partial charge in [-0.05, 0) is 30.9 Å². The third-order valence-electron chi connectivity index (χ3n) is 6.40. The molecule has 0 unspecified atom stereocenters. The van der Waals surface area contributed by atoms with Gasteiger partial charge in [0.1, 0.15) is 18.4 Å². The zero-order valence-electron chi connectivity index (χ0n) is 17.3. The number of carbonyl (C=O) groups excluding carboxylic acids is 2. The Balaban J connectivity index is 1.62. The van der Waals surface area contributed by atoms with Crippen molar-refractivity contribution in [3.63, 3.8) is 0 Å². The summed E-state index contributed by atoms with van der Waals surface area (Å²) >= 11 is 0. The lowest BCUT2D eigenvalue weighted by Gasteiger charge is -2.43. The van der Waals surface area contributed by atoms with Crippen molar-refractivity contribution in [2.75, 3.05) is 13.1 Å². The van der Waals surface area contributed by atoms with Gasteiger partial charge >= 0.3 is 0 Å². The highest BCUT2D eigenvalue weighted by Gasteiger charge is 2.43. The van der Waals surface area contributed by atoms with Gasteiger partial charge in [0.2, 0.25) is 5.91 Å². The maximum Gasteiger partial charge on any atom is 0.250 e. The second-order valence-corrected chi connectivity index (χ2v) is 8.36. The lowest BCUT2D eigenvalue weighted by Crippen LogP contribution is -2.58. The molecule has 1 aliphatic heterocycles. The molecule has 2 aromatic rings. The van der Waals surface area contributed by atoms with E-state index in [-0.39, 0.29) is 24.4 Å². The van der Waals surface area contributed by atoms with Gasteiger partial charge in [-0.3, -0.25) is 9.59 Å². The number of carbonyl (C=O) groups is 2. The summed E-state index contributed by atoms with van der Waals surface area (Å²) in [5.74, 6) is -0.668. The third kappa shape index (κ3) is 4.40. The minimum Gasteiger partial charge on any atom is -0.328 e. The van der Waals surface area contributed by atoms with Crippen LogP contribution in [0.4, 0.5) is 4.39 Å². The molecule has 1 saturated carbocycles. The van der Waals surface area contributed by atoms with E-state index in [1.807, 2.05) is 30.3 Å². The zero-order chi connectivity index (χ0) is 20.9. The predicted molar refractivity (Wildman–Crippen MR) is 114 cm³/mol. The van der Waals surface area contributed by atoms with Gasteiger partial charge < -0.3 is 9.80 Å². The quantitative estimate of drug-likeness (QED) is 0.684. The molecule has 2 aliphatic rings. The van der Waals surface area contributed by atoms with Crippen molar-refractivity contribution in [3.05, 3.63) is 71.5 Å². The van der Waals surface area contributed by atoms with E-state index in [2.05, 4.69) is 0 Å². The fraction of sp³-hybridized carbons (Fsp3) is 0.440. The topological polar surface area (TPSA) is 40.6 Å². The second-order valence-electron chi connectivity index (χ2n) is 8.36. The van der Waals surface area contributed by atoms with Crippen molar-refractivity contribution in [1.29, 1.82) is 0 Å². The molecule has 2 amide bonds. The molecule has 2 aromatic carbocycles. The highest BCUT2D eigenvalue weighted by molar-refractivity contribution is 5.95. The summed E-state index contributed by atoms with van der Waals surface area (Å²) in [6.07, 6.45) is 6.97. The smallest absolute Gasteiger partial charge is 0.250 e. The van der Waals surface area contributed by atoms with E-state index in [0.717, 1.165) is 31.2 Å². The minimum atomic E-state index is -0.889. The van der Waals surface area contributed by atoms with Crippen LogP contribution in [0, 0.1) is 5.82 Å². The second kappa shape index (κ2) is 9.41.